The molecule has 0 spiro atoms. The molecule has 0 N–H and O–H groups in total. The maximum absolute atomic E-state index is 6.34. The van der Waals surface area contributed by atoms with E-state index in [9.17, 15) is 0 Å². The van der Waals surface area contributed by atoms with Gasteiger partial charge < -0.3 is 4.74 Å². The van der Waals surface area contributed by atoms with Gasteiger partial charge in [-0.1, -0.05) is 60.5 Å². The molecule has 0 fully saturated rings. The maximum atomic E-state index is 6.34. The third-order valence-electron chi connectivity index (χ3n) is 3.49. The van der Waals surface area contributed by atoms with Gasteiger partial charge in [0, 0.05) is 6.61 Å². The normalized spacial score (nSPS) is 14.0. The zero-order chi connectivity index (χ0) is 15.5. The third kappa shape index (κ3) is 3.37. The summed E-state index contributed by atoms with van der Waals surface area (Å²) in [6, 6.07) is 9.64. The highest BCUT2D eigenvalue weighted by atomic mass is 35.5. The van der Waals surface area contributed by atoms with Crippen molar-refractivity contribution in [2.24, 2.45) is 0 Å². The van der Waals surface area contributed by atoms with Gasteiger partial charge >= 0.3 is 0 Å². The minimum atomic E-state index is -0.586. The van der Waals surface area contributed by atoms with Gasteiger partial charge in [0.2, 0.25) is 0 Å². The topological polar surface area (TPSA) is 35.0 Å². The van der Waals surface area contributed by atoms with Gasteiger partial charge in [0.1, 0.15) is 15.9 Å². The van der Waals surface area contributed by atoms with E-state index in [0.29, 0.717) is 28.3 Å². The Bertz CT molecular complexity index is 596. The van der Waals surface area contributed by atoms with Crippen LogP contribution in [0.25, 0.3) is 11.1 Å². The van der Waals surface area contributed by atoms with Crippen LogP contribution in [0.2, 0.25) is 10.3 Å². The fourth-order valence-corrected chi connectivity index (χ4v) is 2.74. The summed E-state index contributed by atoms with van der Waals surface area (Å²) in [5.74, 6) is 0.515. The van der Waals surface area contributed by atoms with Crippen molar-refractivity contribution in [1.82, 2.24) is 9.97 Å². The van der Waals surface area contributed by atoms with Crippen molar-refractivity contribution in [3.63, 3.8) is 0 Å². The number of nitrogens with zero attached hydrogens (tertiary/aromatic N) is 2. The molecule has 1 heterocycles. The molecule has 2 rings (SSSR count). The Morgan fingerprint density at radius 1 is 1.05 bits per heavy atom. The number of ether oxygens (including phenoxy) is 1. The van der Waals surface area contributed by atoms with Gasteiger partial charge in [-0.05, 0) is 25.8 Å². The number of halogens is 2. The molecule has 1 unspecified atom stereocenters. The van der Waals surface area contributed by atoms with E-state index in [1.807, 2.05) is 51.1 Å². The van der Waals surface area contributed by atoms with Crippen molar-refractivity contribution in [2.75, 3.05) is 6.61 Å². The first kappa shape index (κ1) is 16.2. The predicted octanol–water partition coefficient (Wildman–Crippen LogP) is 5.11. The van der Waals surface area contributed by atoms with Crippen LogP contribution in [0.4, 0.5) is 0 Å². The summed E-state index contributed by atoms with van der Waals surface area (Å²) < 4.78 is 5.78. The van der Waals surface area contributed by atoms with Crippen molar-refractivity contribution in [1.29, 1.82) is 0 Å². The number of aromatic nitrogens is 2. The van der Waals surface area contributed by atoms with E-state index >= 15 is 0 Å². The first-order chi connectivity index (χ1) is 10.0. The zero-order valence-corrected chi connectivity index (χ0v) is 13.9. The highest BCUT2D eigenvalue weighted by Gasteiger charge is 2.30. The predicted molar refractivity (Wildman–Crippen MR) is 86.8 cm³/mol. The zero-order valence-electron chi connectivity index (χ0n) is 12.4. The largest absolute Gasteiger partial charge is 0.368 e. The summed E-state index contributed by atoms with van der Waals surface area (Å²) in [4.78, 5) is 8.83. The average Bonchev–Trinajstić information content (AvgIpc) is 2.47. The van der Waals surface area contributed by atoms with Gasteiger partial charge in [-0.25, -0.2) is 9.97 Å². The van der Waals surface area contributed by atoms with Crippen molar-refractivity contribution in [2.45, 2.75) is 32.8 Å². The van der Waals surface area contributed by atoms with Gasteiger partial charge in [0.15, 0.2) is 5.82 Å². The van der Waals surface area contributed by atoms with Crippen LogP contribution in [-0.4, -0.2) is 16.6 Å². The van der Waals surface area contributed by atoms with E-state index in [4.69, 9.17) is 27.9 Å². The lowest BCUT2D eigenvalue weighted by molar-refractivity contribution is -0.0390. The molecule has 0 bridgehead atoms. The van der Waals surface area contributed by atoms with Gasteiger partial charge in [-0.2, -0.15) is 0 Å². The third-order valence-corrected chi connectivity index (χ3v) is 4.04. The second-order valence-electron chi connectivity index (χ2n) is 4.89. The second kappa shape index (κ2) is 6.73. The van der Waals surface area contributed by atoms with Crippen LogP contribution in [0, 0.1) is 0 Å². The molecular weight excluding hydrogens is 307 g/mol. The first-order valence-corrected chi connectivity index (χ1v) is 7.70. The molecule has 3 nitrogen and oxygen atoms in total. The number of hydrogen-bond acceptors (Lipinski definition) is 3. The van der Waals surface area contributed by atoms with E-state index < -0.39 is 5.60 Å². The van der Waals surface area contributed by atoms with Crippen LogP contribution in [0.15, 0.2) is 30.3 Å². The van der Waals surface area contributed by atoms with Crippen LogP contribution >= 0.6 is 23.2 Å². The van der Waals surface area contributed by atoms with Gasteiger partial charge in [0.25, 0.3) is 0 Å². The van der Waals surface area contributed by atoms with E-state index in [-0.39, 0.29) is 0 Å². The minimum Gasteiger partial charge on any atom is -0.368 e. The van der Waals surface area contributed by atoms with E-state index in [2.05, 4.69) is 9.97 Å². The summed E-state index contributed by atoms with van der Waals surface area (Å²) in [7, 11) is 0. The fraction of sp³-hybridized carbons (Fsp3) is 0.375. The lowest BCUT2D eigenvalue weighted by Gasteiger charge is -2.27. The highest BCUT2D eigenvalue weighted by molar-refractivity contribution is 6.37. The molecule has 0 saturated heterocycles. The van der Waals surface area contributed by atoms with Gasteiger partial charge in [-0.15, -0.1) is 0 Å². The van der Waals surface area contributed by atoms with Crippen LogP contribution in [0.1, 0.15) is 33.0 Å². The summed E-state index contributed by atoms with van der Waals surface area (Å²) in [5.41, 5.74) is 0.961. The standard InChI is InChI=1S/C16H18Cl2N2O/c1-4-16(3,21-5-2)15-19-13(17)12(14(18)20-15)11-9-7-6-8-10-11/h6-10H,4-5H2,1-3H3. The Labute approximate surface area is 135 Å². The lowest BCUT2D eigenvalue weighted by atomic mass is 10.0. The van der Waals surface area contributed by atoms with Crippen LogP contribution < -0.4 is 0 Å². The average molecular weight is 325 g/mol. The monoisotopic (exact) mass is 324 g/mol. The molecule has 0 aliphatic carbocycles. The fourth-order valence-electron chi connectivity index (χ4n) is 2.13. The molecule has 21 heavy (non-hydrogen) atoms. The first-order valence-electron chi connectivity index (χ1n) is 6.94. The highest BCUT2D eigenvalue weighted by Crippen LogP contribution is 2.35. The van der Waals surface area contributed by atoms with E-state index in [1.54, 1.807) is 0 Å². The summed E-state index contributed by atoms with van der Waals surface area (Å²) in [5, 5.41) is 0.686. The molecule has 0 saturated carbocycles. The molecule has 0 aliphatic heterocycles. The molecule has 2 aromatic rings. The van der Waals surface area contributed by atoms with Crippen molar-refractivity contribution in [3.05, 3.63) is 46.5 Å². The van der Waals surface area contributed by atoms with Crippen LogP contribution in [0.5, 0.6) is 0 Å². The molecule has 1 aromatic heterocycles. The molecule has 0 aliphatic rings. The quantitative estimate of drug-likeness (QED) is 0.716. The molecule has 112 valence electrons. The number of benzene rings is 1. The van der Waals surface area contributed by atoms with E-state index in [1.165, 1.54) is 0 Å². The molecule has 1 aromatic carbocycles. The Hall–Kier alpha value is -1.16. The Morgan fingerprint density at radius 3 is 2.10 bits per heavy atom. The van der Waals surface area contributed by atoms with Gasteiger partial charge in [0.05, 0.1) is 5.56 Å². The maximum Gasteiger partial charge on any atom is 0.163 e. The van der Waals surface area contributed by atoms with E-state index in [0.717, 1.165) is 12.0 Å². The van der Waals surface area contributed by atoms with Crippen molar-refractivity contribution in [3.8, 4) is 11.1 Å². The smallest absolute Gasteiger partial charge is 0.163 e. The van der Waals surface area contributed by atoms with Crippen molar-refractivity contribution >= 4 is 23.2 Å². The number of rotatable bonds is 5. The Morgan fingerprint density at radius 2 is 1.62 bits per heavy atom. The SMILES string of the molecule is CCOC(C)(CC)c1nc(Cl)c(-c2ccccc2)c(Cl)n1. The summed E-state index contributed by atoms with van der Waals surface area (Å²) in [6.07, 6.45) is 0.734. The van der Waals surface area contributed by atoms with Gasteiger partial charge in [-0.3, -0.25) is 0 Å². The van der Waals surface area contributed by atoms with Crippen LogP contribution in [-0.2, 0) is 10.3 Å². The summed E-state index contributed by atoms with van der Waals surface area (Å²) >= 11 is 12.7. The number of hydrogen-bond donors (Lipinski definition) is 0. The Kier molecular flexibility index (Phi) is 5.20. The van der Waals surface area contributed by atoms with Crippen LogP contribution in [0.3, 0.4) is 0 Å². The molecule has 0 radical (unpaired) electrons. The molecule has 0 amide bonds. The minimum absolute atomic E-state index is 0.343. The molecule has 1 atom stereocenters. The second-order valence-corrected chi connectivity index (χ2v) is 5.60. The molecular formula is C16H18Cl2N2O. The lowest BCUT2D eigenvalue weighted by Crippen LogP contribution is -2.28. The Balaban J connectivity index is 2.52. The molecule has 5 heteroatoms. The van der Waals surface area contributed by atoms with Crippen molar-refractivity contribution < 1.29 is 4.74 Å². The summed E-state index contributed by atoms with van der Waals surface area (Å²) in [6.45, 7) is 6.48.